The molecule has 6 nitrogen and oxygen atoms in total. The van der Waals surface area contributed by atoms with Gasteiger partial charge in [0.1, 0.15) is 16.4 Å². The number of furan rings is 1. The molecule has 0 fully saturated rings. The monoisotopic (exact) mass is 290 g/mol. The highest BCUT2D eigenvalue weighted by Crippen LogP contribution is 2.24. The molecule has 19 heavy (non-hydrogen) atoms. The van der Waals surface area contributed by atoms with Crippen molar-refractivity contribution < 1.29 is 17.6 Å². The smallest absolute Gasteiger partial charge is 0.246 e. The number of ether oxygens (including phenoxy) is 1. The molecule has 0 aliphatic carbocycles. The van der Waals surface area contributed by atoms with Crippen LogP contribution in [-0.4, -0.2) is 39.0 Å². The summed E-state index contributed by atoms with van der Waals surface area (Å²) in [6, 6.07) is 1.34. The summed E-state index contributed by atoms with van der Waals surface area (Å²) in [6.07, 6.45) is 0. The van der Waals surface area contributed by atoms with Gasteiger partial charge in [0.25, 0.3) is 0 Å². The van der Waals surface area contributed by atoms with Crippen LogP contribution >= 0.6 is 0 Å². The van der Waals surface area contributed by atoms with Gasteiger partial charge >= 0.3 is 0 Å². The largest absolute Gasteiger partial charge is 0.464 e. The van der Waals surface area contributed by atoms with E-state index in [0.717, 1.165) is 0 Å². The second-order valence-corrected chi connectivity index (χ2v) is 6.40. The maximum atomic E-state index is 12.6. The number of nitrogens with two attached hydrogens (primary N) is 1. The maximum absolute atomic E-state index is 12.6. The van der Waals surface area contributed by atoms with Crippen LogP contribution in [0.5, 0.6) is 0 Å². The lowest BCUT2D eigenvalue weighted by Gasteiger charge is -2.25. The third-order valence-electron chi connectivity index (χ3n) is 2.80. The van der Waals surface area contributed by atoms with Gasteiger partial charge in [-0.3, -0.25) is 0 Å². The van der Waals surface area contributed by atoms with Gasteiger partial charge in [0, 0.05) is 25.8 Å². The minimum Gasteiger partial charge on any atom is -0.464 e. The number of nitrogens with zero attached hydrogens (tertiary/aromatic N) is 1. The molecule has 0 aromatic carbocycles. The second-order valence-electron chi connectivity index (χ2n) is 4.54. The van der Waals surface area contributed by atoms with Crippen molar-refractivity contribution >= 4 is 10.0 Å². The summed E-state index contributed by atoms with van der Waals surface area (Å²) in [5.41, 5.74) is 5.47. The van der Waals surface area contributed by atoms with Crippen LogP contribution < -0.4 is 5.73 Å². The van der Waals surface area contributed by atoms with Crippen LogP contribution in [0.3, 0.4) is 0 Å². The van der Waals surface area contributed by atoms with Crippen molar-refractivity contribution in [3.63, 3.8) is 0 Å². The molecular weight excluding hydrogens is 268 g/mol. The van der Waals surface area contributed by atoms with Crippen LogP contribution in [0, 0.1) is 6.92 Å². The fourth-order valence-electron chi connectivity index (χ4n) is 1.84. The Morgan fingerprint density at radius 2 is 2.11 bits per heavy atom. The van der Waals surface area contributed by atoms with E-state index < -0.39 is 10.0 Å². The SMILES string of the molecule is COCCN(C(C)C)S(=O)(=O)c1cc(CN)oc1C. The number of rotatable bonds is 7. The summed E-state index contributed by atoms with van der Waals surface area (Å²) >= 11 is 0. The Labute approximate surface area is 114 Å². The number of methoxy groups -OCH3 is 1. The summed E-state index contributed by atoms with van der Waals surface area (Å²) in [6.45, 7) is 6.10. The van der Waals surface area contributed by atoms with E-state index in [2.05, 4.69) is 0 Å². The van der Waals surface area contributed by atoms with Crippen LogP contribution in [0.2, 0.25) is 0 Å². The van der Waals surface area contributed by atoms with E-state index in [9.17, 15) is 8.42 Å². The summed E-state index contributed by atoms with van der Waals surface area (Å²) < 4.78 is 36.9. The van der Waals surface area contributed by atoms with Gasteiger partial charge in [-0.15, -0.1) is 0 Å². The fraction of sp³-hybridized carbons (Fsp3) is 0.667. The van der Waals surface area contributed by atoms with Crippen molar-refractivity contribution in [2.24, 2.45) is 5.73 Å². The summed E-state index contributed by atoms with van der Waals surface area (Å²) in [7, 11) is -2.05. The van der Waals surface area contributed by atoms with Gasteiger partial charge < -0.3 is 14.9 Å². The average Bonchev–Trinajstić information content (AvgIpc) is 2.71. The van der Waals surface area contributed by atoms with E-state index in [0.29, 0.717) is 24.7 Å². The van der Waals surface area contributed by atoms with Gasteiger partial charge in [-0.25, -0.2) is 8.42 Å². The lowest BCUT2D eigenvalue weighted by Crippen LogP contribution is -2.39. The Hall–Kier alpha value is -0.890. The third kappa shape index (κ3) is 3.56. The number of sulfonamides is 1. The zero-order chi connectivity index (χ0) is 14.6. The molecule has 0 spiro atoms. The van der Waals surface area contributed by atoms with Crippen LogP contribution in [0.4, 0.5) is 0 Å². The molecule has 2 N–H and O–H groups in total. The Morgan fingerprint density at radius 1 is 1.47 bits per heavy atom. The topological polar surface area (TPSA) is 85.8 Å². The minimum absolute atomic E-state index is 0.157. The van der Waals surface area contributed by atoms with E-state index >= 15 is 0 Å². The average molecular weight is 290 g/mol. The van der Waals surface area contributed by atoms with Crippen molar-refractivity contribution in [1.82, 2.24) is 4.31 Å². The second kappa shape index (κ2) is 6.51. The molecule has 1 aromatic rings. The first kappa shape index (κ1) is 16.2. The van der Waals surface area contributed by atoms with Crippen molar-refractivity contribution in [1.29, 1.82) is 0 Å². The summed E-state index contributed by atoms with van der Waals surface area (Å²) in [5.74, 6) is 0.829. The molecule has 0 aliphatic rings. The number of aryl methyl sites for hydroxylation is 1. The first-order valence-electron chi connectivity index (χ1n) is 6.14. The molecule has 0 radical (unpaired) electrons. The Balaban J connectivity index is 3.14. The van der Waals surface area contributed by atoms with Gasteiger partial charge in [-0.1, -0.05) is 0 Å². The Kier molecular flexibility index (Phi) is 5.54. The predicted octanol–water partition coefficient (Wildman–Crippen LogP) is 1.09. The van der Waals surface area contributed by atoms with Crippen LogP contribution in [0.25, 0.3) is 0 Å². The van der Waals surface area contributed by atoms with Gasteiger partial charge in [0.05, 0.1) is 13.2 Å². The van der Waals surface area contributed by atoms with Crippen LogP contribution in [0.1, 0.15) is 25.4 Å². The molecule has 0 unspecified atom stereocenters. The van der Waals surface area contributed by atoms with Gasteiger partial charge in [0.15, 0.2) is 0 Å². The molecule has 7 heteroatoms. The molecule has 0 saturated heterocycles. The van der Waals surface area contributed by atoms with E-state index in [-0.39, 0.29) is 17.5 Å². The first-order chi connectivity index (χ1) is 8.84. The molecular formula is C12H22N2O4S. The third-order valence-corrected chi connectivity index (χ3v) is 4.99. The first-order valence-corrected chi connectivity index (χ1v) is 7.58. The van der Waals surface area contributed by atoms with Crippen molar-refractivity contribution in [2.45, 2.75) is 38.3 Å². The highest BCUT2D eigenvalue weighted by Gasteiger charge is 2.30. The highest BCUT2D eigenvalue weighted by molar-refractivity contribution is 7.89. The summed E-state index contributed by atoms with van der Waals surface area (Å²) in [5, 5.41) is 0. The zero-order valence-corrected chi connectivity index (χ0v) is 12.7. The van der Waals surface area contributed by atoms with Crippen molar-refractivity contribution in [2.75, 3.05) is 20.3 Å². The lowest BCUT2D eigenvalue weighted by atomic mass is 10.4. The highest BCUT2D eigenvalue weighted by atomic mass is 32.2. The Morgan fingerprint density at radius 3 is 2.53 bits per heavy atom. The maximum Gasteiger partial charge on any atom is 0.246 e. The minimum atomic E-state index is -3.59. The van der Waals surface area contributed by atoms with Gasteiger partial charge in [0.2, 0.25) is 10.0 Å². The quantitative estimate of drug-likeness (QED) is 0.812. The lowest BCUT2D eigenvalue weighted by molar-refractivity contribution is 0.171. The van der Waals surface area contributed by atoms with E-state index in [4.69, 9.17) is 14.9 Å². The normalized spacial score (nSPS) is 12.6. The Bertz CT molecular complexity index is 508. The standard InChI is InChI=1S/C12H22N2O4S/c1-9(2)14(5-6-17-4)19(15,16)12-7-11(8-13)18-10(12)3/h7,9H,5-6,8,13H2,1-4H3. The fourth-order valence-corrected chi connectivity index (χ4v) is 3.65. The predicted molar refractivity (Wildman–Crippen MR) is 72.2 cm³/mol. The van der Waals surface area contributed by atoms with E-state index in [1.807, 2.05) is 13.8 Å². The number of hydrogen-bond acceptors (Lipinski definition) is 5. The van der Waals surface area contributed by atoms with Crippen LogP contribution in [0.15, 0.2) is 15.4 Å². The molecule has 0 atom stereocenters. The van der Waals surface area contributed by atoms with E-state index in [1.54, 1.807) is 14.0 Å². The molecule has 1 heterocycles. The van der Waals surface area contributed by atoms with Crippen molar-refractivity contribution in [3.05, 3.63) is 17.6 Å². The van der Waals surface area contributed by atoms with Gasteiger partial charge in [-0.2, -0.15) is 4.31 Å². The van der Waals surface area contributed by atoms with E-state index in [1.165, 1.54) is 10.4 Å². The number of hydrogen-bond donors (Lipinski definition) is 1. The molecule has 110 valence electrons. The summed E-state index contributed by atoms with van der Waals surface area (Å²) in [4.78, 5) is 0.178. The zero-order valence-electron chi connectivity index (χ0n) is 11.8. The van der Waals surface area contributed by atoms with Gasteiger partial charge in [-0.05, 0) is 20.8 Å². The van der Waals surface area contributed by atoms with Crippen LogP contribution in [-0.2, 0) is 21.3 Å². The molecule has 1 rings (SSSR count). The molecule has 1 aromatic heterocycles. The van der Waals surface area contributed by atoms with Crippen molar-refractivity contribution in [3.8, 4) is 0 Å². The molecule has 0 aliphatic heterocycles. The molecule has 0 amide bonds. The molecule has 0 bridgehead atoms. The molecule has 0 saturated carbocycles.